The third-order valence-electron chi connectivity index (χ3n) is 3.26. The summed E-state index contributed by atoms with van der Waals surface area (Å²) in [6, 6.07) is 7.54. The third kappa shape index (κ3) is 4.45. The summed E-state index contributed by atoms with van der Waals surface area (Å²) in [6.45, 7) is 5.65. The molecule has 1 unspecified atom stereocenters. The van der Waals surface area contributed by atoms with Crippen LogP contribution in [0.4, 0.5) is 5.69 Å². The molecule has 1 atom stereocenters. The van der Waals surface area contributed by atoms with Crippen molar-refractivity contribution in [3.8, 4) is 0 Å². The Kier molecular flexibility index (Phi) is 6.25. The lowest BCUT2D eigenvalue weighted by Crippen LogP contribution is -2.27. The number of benzene rings is 1. The first-order chi connectivity index (χ1) is 10.5. The summed E-state index contributed by atoms with van der Waals surface area (Å²) in [5.74, 6) is -0.382. The van der Waals surface area contributed by atoms with Gasteiger partial charge in [0.1, 0.15) is 5.25 Å². The normalized spacial score (nSPS) is 17.3. The van der Waals surface area contributed by atoms with Gasteiger partial charge < -0.3 is 10.2 Å². The van der Waals surface area contributed by atoms with E-state index in [1.807, 2.05) is 43.0 Å². The lowest BCUT2D eigenvalue weighted by Gasteiger charge is -2.19. The van der Waals surface area contributed by atoms with E-state index in [0.717, 1.165) is 27.5 Å². The number of thioether (sulfide) groups is 1. The number of carbonyl (C=O) groups excluding carboxylic acids is 2. The summed E-state index contributed by atoms with van der Waals surface area (Å²) in [5, 5.41) is 3.12. The molecule has 0 bridgehead atoms. The molecule has 0 spiro atoms. The summed E-state index contributed by atoms with van der Waals surface area (Å²) in [6.07, 6.45) is 0.143. The van der Waals surface area contributed by atoms with Crippen molar-refractivity contribution in [1.82, 2.24) is 4.90 Å². The van der Waals surface area contributed by atoms with Crippen LogP contribution in [0.2, 0.25) is 0 Å². The lowest BCUT2D eigenvalue weighted by molar-refractivity contribution is -0.121. The molecule has 5 nitrogen and oxygen atoms in total. The van der Waals surface area contributed by atoms with Gasteiger partial charge in [-0.15, -0.1) is 0 Å². The molecular weight excluding hydrogens is 413 g/mol. The summed E-state index contributed by atoms with van der Waals surface area (Å²) in [5.41, 5.74) is 0.741. The molecule has 1 heterocycles. The fraction of sp³-hybridized carbons (Fsp3) is 0.400. The number of hydrogen-bond donors (Lipinski definition) is 1. The van der Waals surface area contributed by atoms with E-state index in [4.69, 9.17) is 0 Å². The highest BCUT2D eigenvalue weighted by Gasteiger charge is 2.32. The molecule has 7 heteroatoms. The molecule has 1 aliphatic heterocycles. The van der Waals surface area contributed by atoms with Crippen LogP contribution in [0.5, 0.6) is 0 Å². The second kappa shape index (κ2) is 7.96. The van der Waals surface area contributed by atoms with E-state index in [1.54, 1.807) is 0 Å². The number of aliphatic imine (C=N–C) groups is 1. The van der Waals surface area contributed by atoms with Crippen LogP contribution in [0, 0.1) is 3.57 Å². The Morgan fingerprint density at radius 3 is 2.55 bits per heavy atom. The standard InChI is InChI=1S/C15H18IN3O2S/c1-3-19(4-2)15-18-14(21)12(22-15)9-13(20)17-11-7-5-10(16)6-8-11/h5-8,12H,3-4,9H2,1-2H3,(H,17,20). The Labute approximate surface area is 148 Å². The smallest absolute Gasteiger partial charge is 0.262 e. The van der Waals surface area contributed by atoms with Gasteiger partial charge in [0.05, 0.1) is 0 Å². The number of amides is 2. The van der Waals surface area contributed by atoms with E-state index in [1.165, 1.54) is 11.8 Å². The van der Waals surface area contributed by atoms with Crippen LogP contribution in [-0.4, -0.2) is 40.2 Å². The summed E-state index contributed by atoms with van der Waals surface area (Å²) in [4.78, 5) is 30.1. The Morgan fingerprint density at radius 1 is 1.32 bits per heavy atom. The van der Waals surface area contributed by atoms with Crippen LogP contribution in [0.25, 0.3) is 0 Å². The molecule has 2 rings (SSSR count). The second-order valence-electron chi connectivity index (χ2n) is 4.77. The maximum atomic E-state index is 12.1. The quantitative estimate of drug-likeness (QED) is 0.729. The molecule has 1 aliphatic rings. The van der Waals surface area contributed by atoms with Crippen molar-refractivity contribution in [3.63, 3.8) is 0 Å². The average molecular weight is 431 g/mol. The molecule has 0 radical (unpaired) electrons. The van der Waals surface area contributed by atoms with E-state index in [-0.39, 0.29) is 18.2 Å². The van der Waals surface area contributed by atoms with Gasteiger partial charge in [0.2, 0.25) is 5.91 Å². The molecule has 1 aromatic rings. The zero-order valence-corrected chi connectivity index (χ0v) is 15.5. The van der Waals surface area contributed by atoms with Crippen LogP contribution in [0.15, 0.2) is 29.3 Å². The van der Waals surface area contributed by atoms with Crippen LogP contribution in [-0.2, 0) is 9.59 Å². The van der Waals surface area contributed by atoms with Gasteiger partial charge in [-0.05, 0) is 60.7 Å². The first-order valence-corrected chi connectivity index (χ1v) is 9.08. The summed E-state index contributed by atoms with van der Waals surface area (Å²) < 4.78 is 1.11. The van der Waals surface area contributed by atoms with Crippen molar-refractivity contribution in [2.45, 2.75) is 25.5 Å². The maximum absolute atomic E-state index is 12.1. The third-order valence-corrected chi connectivity index (χ3v) is 5.19. The molecule has 1 aromatic carbocycles. The van der Waals surface area contributed by atoms with Crippen molar-refractivity contribution in [1.29, 1.82) is 0 Å². The number of hydrogen-bond acceptors (Lipinski definition) is 4. The van der Waals surface area contributed by atoms with Crippen molar-refractivity contribution in [2.24, 2.45) is 4.99 Å². The van der Waals surface area contributed by atoms with Gasteiger partial charge in [-0.25, -0.2) is 0 Å². The van der Waals surface area contributed by atoms with Gasteiger partial charge in [0, 0.05) is 28.8 Å². The van der Waals surface area contributed by atoms with Crippen molar-refractivity contribution in [2.75, 3.05) is 18.4 Å². The van der Waals surface area contributed by atoms with Crippen molar-refractivity contribution >= 4 is 57.0 Å². The maximum Gasteiger partial charge on any atom is 0.262 e. The van der Waals surface area contributed by atoms with Gasteiger partial charge in [-0.3, -0.25) is 9.59 Å². The Balaban J connectivity index is 1.90. The number of nitrogens with zero attached hydrogens (tertiary/aromatic N) is 2. The largest absolute Gasteiger partial charge is 0.352 e. The zero-order chi connectivity index (χ0) is 16.1. The number of nitrogens with one attached hydrogen (secondary N) is 1. The number of carbonyl (C=O) groups is 2. The molecule has 2 amide bonds. The molecule has 0 aromatic heterocycles. The molecule has 0 aliphatic carbocycles. The highest BCUT2D eigenvalue weighted by Crippen LogP contribution is 2.27. The fourth-order valence-corrected chi connectivity index (χ4v) is 3.60. The minimum Gasteiger partial charge on any atom is -0.352 e. The fourth-order valence-electron chi connectivity index (χ4n) is 2.05. The first kappa shape index (κ1) is 17.3. The number of amidine groups is 1. The Hall–Kier alpha value is -1.09. The lowest BCUT2D eigenvalue weighted by atomic mass is 10.2. The number of halogens is 1. The predicted octanol–water partition coefficient (Wildman–Crippen LogP) is 2.96. The number of rotatable bonds is 5. The highest BCUT2D eigenvalue weighted by molar-refractivity contribution is 14.1. The summed E-state index contributed by atoms with van der Waals surface area (Å²) >= 11 is 3.59. The van der Waals surface area contributed by atoms with Crippen molar-refractivity contribution < 1.29 is 9.59 Å². The van der Waals surface area contributed by atoms with E-state index in [2.05, 4.69) is 32.9 Å². The van der Waals surface area contributed by atoms with Crippen LogP contribution in [0.3, 0.4) is 0 Å². The molecule has 0 fully saturated rings. The second-order valence-corrected chi connectivity index (χ2v) is 7.19. The molecule has 0 saturated heterocycles. The van der Waals surface area contributed by atoms with Gasteiger partial charge in [0.15, 0.2) is 5.17 Å². The van der Waals surface area contributed by atoms with Gasteiger partial charge in [-0.2, -0.15) is 4.99 Å². The van der Waals surface area contributed by atoms with Crippen LogP contribution < -0.4 is 5.32 Å². The SMILES string of the molecule is CCN(CC)C1=NC(=O)C(CC(=O)Nc2ccc(I)cc2)S1. The van der Waals surface area contributed by atoms with E-state index < -0.39 is 5.25 Å². The molecule has 118 valence electrons. The molecule has 22 heavy (non-hydrogen) atoms. The molecule has 1 N–H and O–H groups in total. The van der Waals surface area contributed by atoms with Crippen LogP contribution in [0.1, 0.15) is 20.3 Å². The van der Waals surface area contributed by atoms with Crippen LogP contribution >= 0.6 is 34.4 Å². The Bertz CT molecular complexity index is 585. The van der Waals surface area contributed by atoms with Gasteiger partial charge in [-0.1, -0.05) is 11.8 Å². The van der Waals surface area contributed by atoms with E-state index in [0.29, 0.717) is 0 Å². The minimum absolute atomic E-state index is 0.143. The van der Waals surface area contributed by atoms with Crippen molar-refractivity contribution in [3.05, 3.63) is 27.8 Å². The number of anilines is 1. The first-order valence-electron chi connectivity index (χ1n) is 7.13. The molecular formula is C15H18IN3O2S. The minimum atomic E-state index is -0.417. The predicted molar refractivity (Wildman–Crippen MR) is 99.1 cm³/mol. The van der Waals surface area contributed by atoms with Gasteiger partial charge in [0.25, 0.3) is 5.91 Å². The summed E-state index contributed by atoms with van der Waals surface area (Å²) in [7, 11) is 0. The van der Waals surface area contributed by atoms with Gasteiger partial charge >= 0.3 is 0 Å². The monoisotopic (exact) mass is 431 g/mol. The topological polar surface area (TPSA) is 61.8 Å². The zero-order valence-electron chi connectivity index (χ0n) is 12.5. The van der Waals surface area contributed by atoms with E-state index >= 15 is 0 Å². The van der Waals surface area contributed by atoms with E-state index in [9.17, 15) is 9.59 Å². The average Bonchev–Trinajstić information content (AvgIpc) is 2.84. The molecule has 0 saturated carbocycles. The highest BCUT2D eigenvalue weighted by atomic mass is 127. The Morgan fingerprint density at radius 2 is 1.95 bits per heavy atom.